The summed E-state index contributed by atoms with van der Waals surface area (Å²) in [6, 6.07) is 0. The van der Waals surface area contributed by atoms with E-state index < -0.39 is 114 Å². The molecule has 0 aromatic heterocycles. The van der Waals surface area contributed by atoms with E-state index in [4.69, 9.17) is 0 Å². The largest absolute Gasteiger partial charge is 0.460 e. The first kappa shape index (κ1) is 46.8. The Balaban J connectivity index is 5.31. The Kier molecular flexibility index (Phi) is 13.4. The molecule has 0 saturated carbocycles. The quantitative estimate of drug-likeness (QED) is 0.110. The highest BCUT2D eigenvalue weighted by atomic mass is 32.2. The minimum Gasteiger partial charge on any atom is -0.391 e. The van der Waals surface area contributed by atoms with E-state index in [0.29, 0.717) is 0 Å². The Morgan fingerprint density at radius 3 is 0.750 bits per heavy atom. The number of thioether (sulfide) groups is 2. The van der Waals surface area contributed by atoms with Crippen molar-refractivity contribution in [3.63, 3.8) is 0 Å². The molecule has 0 aliphatic rings. The maximum Gasteiger partial charge on any atom is 0.460 e. The van der Waals surface area contributed by atoms with Gasteiger partial charge in [-0.05, 0) is 11.5 Å². The summed E-state index contributed by atoms with van der Waals surface area (Å²) in [5, 5.41) is 9.50. The van der Waals surface area contributed by atoms with Crippen LogP contribution in [0.5, 0.6) is 0 Å². The topological polar surface area (TPSA) is 20.2 Å². The number of aliphatic hydroxyl groups is 1. The van der Waals surface area contributed by atoms with Crippen molar-refractivity contribution in [3.8, 4) is 0 Å². The van der Waals surface area contributed by atoms with Gasteiger partial charge in [0.05, 0.1) is 6.10 Å². The van der Waals surface area contributed by atoms with Crippen molar-refractivity contribution >= 4 is 23.5 Å². The van der Waals surface area contributed by atoms with Crippen LogP contribution in [0.2, 0.25) is 0 Å². The molecule has 48 heavy (non-hydrogen) atoms. The second-order valence-corrected chi connectivity index (χ2v) is 11.6. The van der Waals surface area contributed by atoms with Crippen LogP contribution in [0.3, 0.4) is 0 Å². The van der Waals surface area contributed by atoms with Gasteiger partial charge in [0, 0.05) is 24.3 Å². The average Bonchev–Trinajstić information content (AvgIpc) is 2.86. The first-order valence-corrected chi connectivity index (χ1v) is 13.7. The van der Waals surface area contributed by atoms with Crippen molar-refractivity contribution in [1.29, 1.82) is 0 Å². The van der Waals surface area contributed by atoms with Crippen LogP contribution in [0, 0.1) is 0 Å². The lowest BCUT2D eigenvalue weighted by molar-refractivity contribution is -0.439. The summed E-state index contributed by atoms with van der Waals surface area (Å²) in [4.78, 5) is 0. The predicted molar refractivity (Wildman–Crippen MR) is 111 cm³/mol. The third-order valence-electron chi connectivity index (χ3n) is 5.74. The zero-order valence-electron chi connectivity index (χ0n) is 21.9. The third kappa shape index (κ3) is 7.84. The molecule has 0 aliphatic carbocycles. The molecule has 29 heteroatoms. The summed E-state index contributed by atoms with van der Waals surface area (Å²) in [5.74, 6) is -82.0. The minimum atomic E-state index is -8.16. The Hall–Kier alpha value is -1.16. The van der Waals surface area contributed by atoms with Crippen molar-refractivity contribution < 1.29 is 119 Å². The first-order chi connectivity index (χ1) is 20.6. The Morgan fingerprint density at radius 2 is 0.542 bits per heavy atom. The number of aliphatic hydroxyl groups excluding tert-OH is 1. The van der Waals surface area contributed by atoms with Crippen molar-refractivity contribution in [2.75, 3.05) is 23.0 Å². The Bertz CT molecular complexity index is 980. The highest BCUT2D eigenvalue weighted by Gasteiger charge is 2.92. The van der Waals surface area contributed by atoms with E-state index in [1.165, 1.54) is 0 Å². The number of alkyl halides is 26. The van der Waals surface area contributed by atoms with Crippen molar-refractivity contribution in [2.45, 2.75) is 90.5 Å². The maximum atomic E-state index is 13.7. The van der Waals surface area contributed by atoms with Crippen LogP contribution >= 0.6 is 23.5 Å². The van der Waals surface area contributed by atoms with Crippen molar-refractivity contribution in [2.24, 2.45) is 0 Å². The molecule has 0 aliphatic heterocycles. The first-order valence-electron chi connectivity index (χ1n) is 11.4. The van der Waals surface area contributed by atoms with Gasteiger partial charge in [-0.1, -0.05) is 0 Å². The highest BCUT2D eigenvalue weighted by Crippen LogP contribution is 2.62. The number of hydrogen-bond acceptors (Lipinski definition) is 3. The molecule has 290 valence electrons. The SMILES string of the molecule is OC(CSCCC(F)(F)C(F)(F)C(F)(F)C(F)(F)C(F)(F)C(F)(F)F)CSCCC(F)(F)C(F)(F)C(F)(F)C(F)(F)C(F)(F)C(F)(F)F. The van der Waals surface area contributed by atoms with Gasteiger partial charge in [0.25, 0.3) is 0 Å². The molecule has 0 bridgehead atoms. The van der Waals surface area contributed by atoms with Gasteiger partial charge in [-0.3, -0.25) is 0 Å². The van der Waals surface area contributed by atoms with Crippen molar-refractivity contribution in [1.82, 2.24) is 0 Å². The molecule has 0 heterocycles. The fraction of sp³-hybridized carbons (Fsp3) is 1.00. The van der Waals surface area contributed by atoms with Gasteiger partial charge in [-0.25, -0.2) is 0 Å². The molecule has 1 nitrogen and oxygen atoms in total. The summed E-state index contributed by atoms with van der Waals surface area (Å²) in [5.41, 5.74) is 0. The van der Waals surface area contributed by atoms with E-state index in [9.17, 15) is 119 Å². The highest BCUT2D eigenvalue weighted by molar-refractivity contribution is 8.00. The van der Waals surface area contributed by atoms with E-state index in [0.717, 1.165) is 0 Å². The summed E-state index contributed by atoms with van der Waals surface area (Å²) in [6.45, 7) is 0. The van der Waals surface area contributed by atoms with Gasteiger partial charge in [-0.15, -0.1) is 0 Å². The molecule has 0 aromatic rings. The Morgan fingerprint density at radius 1 is 0.333 bits per heavy atom. The number of halogens is 26. The third-order valence-corrected chi connectivity index (χ3v) is 7.96. The predicted octanol–water partition coefficient (Wildman–Crippen LogP) is 10.1. The normalized spacial score (nSPS) is 16.2. The average molecular weight is 816 g/mol. The van der Waals surface area contributed by atoms with Crippen LogP contribution in [0.1, 0.15) is 12.8 Å². The summed E-state index contributed by atoms with van der Waals surface area (Å²) in [6.07, 6.45) is -22.8. The number of rotatable bonds is 18. The van der Waals surface area contributed by atoms with Gasteiger partial charge in [0.1, 0.15) is 0 Å². The van der Waals surface area contributed by atoms with Gasteiger partial charge in [0.15, 0.2) is 0 Å². The second-order valence-electron chi connectivity index (χ2n) is 9.30. The molecular formula is C19H14F26OS2. The monoisotopic (exact) mass is 816 g/mol. The van der Waals surface area contributed by atoms with Crippen LogP contribution in [-0.2, 0) is 0 Å². The van der Waals surface area contributed by atoms with E-state index >= 15 is 0 Å². The fourth-order valence-corrected chi connectivity index (χ4v) is 4.87. The summed E-state index contributed by atoms with van der Waals surface area (Å²) in [7, 11) is 0. The van der Waals surface area contributed by atoms with Crippen LogP contribution in [0.15, 0.2) is 0 Å². The molecule has 0 fully saturated rings. The summed E-state index contributed by atoms with van der Waals surface area (Å²) >= 11 is -0.481. The van der Waals surface area contributed by atoms with E-state index in [-0.39, 0.29) is 23.5 Å². The zero-order valence-corrected chi connectivity index (χ0v) is 23.5. The molecule has 0 aromatic carbocycles. The van der Waals surface area contributed by atoms with Gasteiger partial charge < -0.3 is 5.11 Å². The zero-order chi connectivity index (χ0) is 39.2. The molecule has 1 N–H and O–H groups in total. The maximum absolute atomic E-state index is 13.7. The van der Waals surface area contributed by atoms with Crippen LogP contribution in [0.4, 0.5) is 114 Å². The molecular weight excluding hydrogens is 802 g/mol. The van der Waals surface area contributed by atoms with Gasteiger partial charge in [0.2, 0.25) is 0 Å². The summed E-state index contributed by atoms with van der Waals surface area (Å²) < 4.78 is 339. The molecule has 0 radical (unpaired) electrons. The lowest BCUT2D eigenvalue weighted by Crippen LogP contribution is -2.70. The fourth-order valence-electron chi connectivity index (χ4n) is 2.81. The minimum absolute atomic E-state index is 0.240. The molecule has 0 amide bonds. The van der Waals surface area contributed by atoms with E-state index in [1.54, 1.807) is 0 Å². The van der Waals surface area contributed by atoms with Crippen LogP contribution in [0.25, 0.3) is 0 Å². The smallest absolute Gasteiger partial charge is 0.391 e. The molecule has 0 rings (SSSR count). The standard InChI is InChI=1S/C19H14F26OS2/c20-8(21,10(24,25)12(28,29)14(32,33)16(36,37)18(40,41)42)1-3-47-5-7(46)6-48-4-2-9(22,23)11(26,27)13(30,31)15(34,35)17(38,39)19(43,44)45/h7,46H,1-6H2. The molecule has 0 atom stereocenters. The van der Waals surface area contributed by atoms with E-state index in [2.05, 4.69) is 0 Å². The van der Waals surface area contributed by atoms with Gasteiger partial charge >= 0.3 is 71.6 Å². The van der Waals surface area contributed by atoms with Crippen molar-refractivity contribution in [3.05, 3.63) is 0 Å². The number of hydrogen-bond donors (Lipinski definition) is 1. The molecule has 0 spiro atoms. The Labute approximate surface area is 257 Å². The second kappa shape index (κ2) is 13.8. The molecule has 0 unspecified atom stereocenters. The lowest BCUT2D eigenvalue weighted by Gasteiger charge is -2.39. The lowest BCUT2D eigenvalue weighted by atomic mass is 9.93. The molecule has 0 saturated heterocycles. The van der Waals surface area contributed by atoms with Crippen LogP contribution < -0.4 is 0 Å². The van der Waals surface area contributed by atoms with E-state index in [1.807, 2.05) is 0 Å². The van der Waals surface area contributed by atoms with Gasteiger partial charge in [-0.2, -0.15) is 138 Å². The van der Waals surface area contributed by atoms with Crippen LogP contribution in [-0.4, -0.2) is 106 Å².